The number of nitrogens with zero attached hydrogens (tertiary/aromatic N) is 4. The Kier molecular flexibility index (Phi) is 5.20. The van der Waals surface area contributed by atoms with E-state index >= 15 is 0 Å². The van der Waals surface area contributed by atoms with Crippen LogP contribution in [0, 0.1) is 11.7 Å². The highest BCUT2D eigenvalue weighted by atomic mass is 32.1. The number of hydrazine groups is 1. The molecule has 33 heavy (non-hydrogen) atoms. The molecule has 11 heteroatoms. The molecule has 2 N–H and O–H groups in total. The van der Waals surface area contributed by atoms with E-state index in [4.69, 9.17) is 0 Å². The number of halogens is 1. The summed E-state index contributed by atoms with van der Waals surface area (Å²) in [6.07, 6.45) is 2.69. The summed E-state index contributed by atoms with van der Waals surface area (Å²) in [6, 6.07) is 8.70. The Bertz CT molecular complexity index is 1230. The first-order chi connectivity index (χ1) is 15.9. The first-order valence-corrected chi connectivity index (χ1v) is 11.5. The summed E-state index contributed by atoms with van der Waals surface area (Å²) in [5.74, 6) is -1.17. The molecule has 1 aromatic carbocycles. The van der Waals surface area contributed by atoms with Crippen molar-refractivity contribution >= 4 is 29.2 Å². The van der Waals surface area contributed by atoms with Gasteiger partial charge in [-0.15, -0.1) is 16.4 Å². The molecule has 2 aromatic heterocycles. The Hall–Kier alpha value is -3.60. The number of carbonyl (C=O) groups excluding carboxylic acids is 3. The minimum atomic E-state index is -0.979. The number of hydrogen-bond acceptors (Lipinski definition) is 6. The highest BCUT2D eigenvalue weighted by Gasteiger charge is 2.53. The standard InChI is InChI=1S/C22H21FN6O3S/c1-13-7-9-22(10-8-13)20(31)29(21(32)25-22)27-19(30)17-24-18(16-6-3-11-33-16)28(26-17)15-5-2-4-14(23)12-15/h2-6,11-13H,7-10H2,1H3,(H,25,32)(H,27,30). The topological polar surface area (TPSA) is 109 Å². The molecule has 2 fully saturated rings. The largest absolute Gasteiger partial charge is 0.344 e. The van der Waals surface area contributed by atoms with E-state index in [0.717, 1.165) is 17.7 Å². The van der Waals surface area contributed by atoms with Crippen LogP contribution in [0.15, 0.2) is 41.8 Å². The van der Waals surface area contributed by atoms with Gasteiger partial charge < -0.3 is 5.32 Å². The molecule has 3 heterocycles. The van der Waals surface area contributed by atoms with Crippen LogP contribution in [0.25, 0.3) is 16.4 Å². The Morgan fingerprint density at radius 1 is 1.24 bits per heavy atom. The van der Waals surface area contributed by atoms with Gasteiger partial charge in [-0.25, -0.2) is 24.3 Å². The van der Waals surface area contributed by atoms with E-state index in [0.29, 0.717) is 35.3 Å². The second-order valence-corrected chi connectivity index (χ2v) is 9.35. The van der Waals surface area contributed by atoms with Crippen LogP contribution in [0.5, 0.6) is 0 Å². The zero-order chi connectivity index (χ0) is 23.2. The lowest BCUT2D eigenvalue weighted by Gasteiger charge is -2.33. The third-order valence-corrected chi connectivity index (χ3v) is 6.97. The first-order valence-electron chi connectivity index (χ1n) is 10.6. The number of rotatable bonds is 4. The summed E-state index contributed by atoms with van der Waals surface area (Å²) in [5, 5.41) is 9.56. The molecule has 5 rings (SSSR count). The van der Waals surface area contributed by atoms with Gasteiger partial charge in [0.1, 0.15) is 11.4 Å². The zero-order valence-corrected chi connectivity index (χ0v) is 18.6. The summed E-state index contributed by atoms with van der Waals surface area (Å²) < 4.78 is 15.2. The second kappa shape index (κ2) is 8.07. The summed E-state index contributed by atoms with van der Waals surface area (Å²) in [5.41, 5.74) is 1.76. The van der Waals surface area contributed by atoms with Crippen molar-refractivity contribution in [3.05, 3.63) is 53.4 Å². The molecule has 1 spiro atoms. The van der Waals surface area contributed by atoms with E-state index in [1.54, 1.807) is 12.1 Å². The van der Waals surface area contributed by atoms with Crippen LogP contribution in [-0.2, 0) is 4.79 Å². The predicted molar refractivity (Wildman–Crippen MR) is 118 cm³/mol. The molecule has 0 unspecified atom stereocenters. The molecule has 0 bridgehead atoms. The second-order valence-electron chi connectivity index (χ2n) is 8.40. The van der Waals surface area contributed by atoms with Crippen LogP contribution in [0.2, 0.25) is 0 Å². The van der Waals surface area contributed by atoms with Crippen molar-refractivity contribution in [1.29, 1.82) is 0 Å². The predicted octanol–water partition coefficient (Wildman–Crippen LogP) is 3.28. The Morgan fingerprint density at radius 2 is 2.03 bits per heavy atom. The van der Waals surface area contributed by atoms with Gasteiger partial charge in [-0.1, -0.05) is 19.1 Å². The van der Waals surface area contributed by atoms with Gasteiger partial charge in [0.25, 0.3) is 5.91 Å². The fourth-order valence-electron chi connectivity index (χ4n) is 4.23. The lowest BCUT2D eigenvalue weighted by atomic mass is 9.77. The summed E-state index contributed by atoms with van der Waals surface area (Å²) in [7, 11) is 0. The number of nitrogens with one attached hydrogen (secondary N) is 2. The number of hydrogen-bond donors (Lipinski definition) is 2. The molecule has 1 saturated carbocycles. The molecule has 0 radical (unpaired) electrons. The van der Waals surface area contributed by atoms with Gasteiger partial charge in [0.05, 0.1) is 10.6 Å². The van der Waals surface area contributed by atoms with Gasteiger partial charge in [-0.3, -0.25) is 9.59 Å². The van der Waals surface area contributed by atoms with Crippen LogP contribution < -0.4 is 10.7 Å². The zero-order valence-electron chi connectivity index (χ0n) is 17.7. The third kappa shape index (κ3) is 3.78. The SMILES string of the molecule is CC1CCC2(CC1)NC(=O)N(NC(=O)c1nc(-c3cccs3)n(-c3cccc(F)c3)n1)C2=O. The van der Waals surface area contributed by atoms with Crippen molar-refractivity contribution in [2.24, 2.45) is 5.92 Å². The van der Waals surface area contributed by atoms with Gasteiger partial charge >= 0.3 is 11.9 Å². The molecular formula is C22H21FN6O3S. The average molecular weight is 469 g/mol. The monoisotopic (exact) mass is 468 g/mol. The lowest BCUT2D eigenvalue weighted by Crippen LogP contribution is -2.51. The van der Waals surface area contributed by atoms with Crippen molar-refractivity contribution in [2.45, 2.75) is 38.1 Å². The quantitative estimate of drug-likeness (QED) is 0.571. The average Bonchev–Trinajstić information content (AvgIpc) is 3.52. The van der Waals surface area contributed by atoms with Crippen LogP contribution >= 0.6 is 11.3 Å². The number of imide groups is 1. The Balaban J connectivity index is 1.43. The highest BCUT2D eigenvalue weighted by Crippen LogP contribution is 2.36. The van der Waals surface area contributed by atoms with E-state index < -0.39 is 29.2 Å². The van der Waals surface area contributed by atoms with E-state index in [-0.39, 0.29) is 5.82 Å². The number of aromatic nitrogens is 3. The first kappa shape index (κ1) is 21.3. The molecule has 1 saturated heterocycles. The number of benzene rings is 1. The molecule has 170 valence electrons. The molecule has 2 aliphatic rings. The molecule has 1 aliphatic heterocycles. The van der Waals surface area contributed by atoms with Crippen molar-refractivity contribution in [3.63, 3.8) is 0 Å². The summed E-state index contributed by atoms with van der Waals surface area (Å²) in [6.45, 7) is 2.11. The maximum Gasteiger partial charge on any atom is 0.344 e. The van der Waals surface area contributed by atoms with E-state index in [9.17, 15) is 18.8 Å². The molecule has 1 aliphatic carbocycles. The Morgan fingerprint density at radius 3 is 2.73 bits per heavy atom. The minimum Gasteiger partial charge on any atom is -0.322 e. The van der Waals surface area contributed by atoms with Crippen molar-refractivity contribution in [1.82, 2.24) is 30.5 Å². The maximum absolute atomic E-state index is 13.8. The maximum atomic E-state index is 13.8. The number of thiophene rings is 1. The van der Waals surface area contributed by atoms with Crippen LogP contribution in [0.1, 0.15) is 43.2 Å². The van der Waals surface area contributed by atoms with Crippen LogP contribution in [0.3, 0.4) is 0 Å². The van der Waals surface area contributed by atoms with Gasteiger partial charge in [-0.05, 0) is 61.2 Å². The normalized spacial score (nSPS) is 22.6. The lowest BCUT2D eigenvalue weighted by molar-refractivity contribution is -0.134. The molecule has 9 nitrogen and oxygen atoms in total. The Labute approximate surface area is 192 Å². The van der Waals surface area contributed by atoms with E-state index in [1.165, 1.54) is 34.2 Å². The van der Waals surface area contributed by atoms with Gasteiger partial charge in [0.15, 0.2) is 5.82 Å². The number of urea groups is 1. The van der Waals surface area contributed by atoms with Crippen molar-refractivity contribution < 1.29 is 18.8 Å². The molecule has 4 amide bonds. The fraction of sp³-hybridized carbons (Fsp3) is 0.318. The molecular weight excluding hydrogens is 447 g/mol. The smallest absolute Gasteiger partial charge is 0.322 e. The molecule has 3 aromatic rings. The van der Waals surface area contributed by atoms with E-state index in [1.807, 2.05) is 11.4 Å². The highest BCUT2D eigenvalue weighted by molar-refractivity contribution is 7.13. The number of carbonyl (C=O) groups is 3. The third-order valence-electron chi connectivity index (χ3n) is 6.11. The fourth-order valence-corrected chi connectivity index (χ4v) is 4.93. The van der Waals surface area contributed by atoms with Crippen LogP contribution in [-0.4, -0.2) is 43.2 Å². The van der Waals surface area contributed by atoms with Crippen LogP contribution in [0.4, 0.5) is 9.18 Å². The van der Waals surface area contributed by atoms with Gasteiger partial charge in [0, 0.05) is 0 Å². The van der Waals surface area contributed by atoms with Crippen molar-refractivity contribution in [2.75, 3.05) is 0 Å². The van der Waals surface area contributed by atoms with Crippen molar-refractivity contribution in [3.8, 4) is 16.4 Å². The van der Waals surface area contributed by atoms with Gasteiger partial charge in [0.2, 0.25) is 5.82 Å². The molecule has 0 atom stereocenters. The van der Waals surface area contributed by atoms with Gasteiger partial charge in [-0.2, -0.15) is 5.01 Å². The summed E-state index contributed by atoms with van der Waals surface area (Å²) in [4.78, 5) is 43.5. The summed E-state index contributed by atoms with van der Waals surface area (Å²) >= 11 is 1.39. The minimum absolute atomic E-state index is 0.249. The van der Waals surface area contributed by atoms with E-state index in [2.05, 4.69) is 27.7 Å². The number of amides is 4.